The summed E-state index contributed by atoms with van der Waals surface area (Å²) in [6.45, 7) is 0. The van der Waals surface area contributed by atoms with E-state index in [0.717, 1.165) is 26.9 Å². The molecule has 0 aliphatic heterocycles. The van der Waals surface area contributed by atoms with Crippen LogP contribution in [0, 0.1) is 0 Å². The molecular formula is C25H19N3O4. The third-order valence-electron chi connectivity index (χ3n) is 5.58. The summed E-state index contributed by atoms with van der Waals surface area (Å²) in [7, 11) is 3.01. The van der Waals surface area contributed by atoms with Gasteiger partial charge in [0.25, 0.3) is 11.5 Å². The number of rotatable bonds is 3. The van der Waals surface area contributed by atoms with Crippen molar-refractivity contribution in [3.8, 4) is 11.3 Å². The number of nitrogens with zero attached hydrogens (tertiary/aromatic N) is 2. The van der Waals surface area contributed by atoms with Crippen LogP contribution in [0.4, 0.5) is 5.69 Å². The number of benzene rings is 3. The summed E-state index contributed by atoms with van der Waals surface area (Å²) in [6, 6.07) is 21.8. The number of hydrogen-bond donors (Lipinski definition) is 1. The second-order valence-electron chi connectivity index (χ2n) is 7.62. The summed E-state index contributed by atoms with van der Waals surface area (Å²) in [5.74, 6) is 0.402. The molecular weight excluding hydrogens is 406 g/mol. The molecule has 158 valence electrons. The van der Waals surface area contributed by atoms with E-state index >= 15 is 0 Å². The standard InChI is InChI=1S/C25H19N3O4/c1-27-20-12-9-17(13-19(20)24(30)28(2)25(27)31)23(29)26-18-10-7-15(8-11-18)22-14-16-5-3-4-6-21(16)32-22/h3-14H,1-2H3,(H,26,29). The number of para-hydroxylation sites is 1. The molecule has 0 spiro atoms. The maximum atomic E-state index is 12.8. The van der Waals surface area contributed by atoms with Crippen molar-refractivity contribution in [2.45, 2.75) is 0 Å². The van der Waals surface area contributed by atoms with E-state index in [4.69, 9.17) is 4.42 Å². The lowest BCUT2D eigenvalue weighted by molar-refractivity contribution is 0.102. The molecule has 7 heteroatoms. The van der Waals surface area contributed by atoms with Crippen LogP contribution in [0.3, 0.4) is 0 Å². The van der Waals surface area contributed by atoms with Crippen LogP contribution in [0.15, 0.2) is 86.8 Å². The SMILES string of the molecule is Cn1c(=O)c2cc(C(=O)Nc3ccc(-c4cc5ccccc5o4)cc3)ccc2n(C)c1=O. The van der Waals surface area contributed by atoms with Crippen molar-refractivity contribution in [3.05, 3.63) is 99.2 Å². The average molecular weight is 425 g/mol. The lowest BCUT2D eigenvalue weighted by atomic mass is 10.1. The number of carbonyl (C=O) groups is 1. The fourth-order valence-corrected chi connectivity index (χ4v) is 3.78. The molecule has 0 bridgehead atoms. The smallest absolute Gasteiger partial charge is 0.330 e. The van der Waals surface area contributed by atoms with E-state index < -0.39 is 11.2 Å². The molecule has 0 unspecified atom stereocenters. The van der Waals surface area contributed by atoms with E-state index in [1.807, 2.05) is 42.5 Å². The molecule has 1 N–H and O–H groups in total. The maximum absolute atomic E-state index is 12.8. The lowest BCUT2D eigenvalue weighted by Crippen LogP contribution is -2.37. The lowest BCUT2D eigenvalue weighted by Gasteiger charge is -2.10. The van der Waals surface area contributed by atoms with Gasteiger partial charge in [-0.15, -0.1) is 0 Å². The van der Waals surface area contributed by atoms with E-state index in [1.165, 1.54) is 17.7 Å². The van der Waals surface area contributed by atoms with Gasteiger partial charge in [-0.3, -0.25) is 18.7 Å². The monoisotopic (exact) mass is 425 g/mol. The molecule has 0 radical (unpaired) electrons. The van der Waals surface area contributed by atoms with Crippen molar-refractivity contribution in [1.82, 2.24) is 9.13 Å². The van der Waals surface area contributed by atoms with Crippen LogP contribution in [0.1, 0.15) is 10.4 Å². The Kier molecular flexibility index (Phi) is 4.52. The summed E-state index contributed by atoms with van der Waals surface area (Å²) < 4.78 is 8.29. The van der Waals surface area contributed by atoms with Crippen molar-refractivity contribution in [2.24, 2.45) is 14.1 Å². The minimum atomic E-state index is -0.437. The Morgan fingerprint density at radius 3 is 2.38 bits per heavy atom. The number of carbonyl (C=O) groups excluding carboxylic acids is 1. The number of aryl methyl sites for hydroxylation is 1. The number of nitrogens with one attached hydrogen (secondary N) is 1. The van der Waals surface area contributed by atoms with Crippen molar-refractivity contribution in [1.29, 1.82) is 0 Å². The highest BCUT2D eigenvalue weighted by Crippen LogP contribution is 2.28. The quantitative estimate of drug-likeness (QED) is 0.475. The first-order valence-corrected chi connectivity index (χ1v) is 10.0. The summed E-state index contributed by atoms with van der Waals surface area (Å²) in [5, 5.41) is 4.18. The molecule has 3 aromatic carbocycles. The minimum absolute atomic E-state index is 0.308. The Hall–Kier alpha value is -4.39. The fourth-order valence-electron chi connectivity index (χ4n) is 3.78. The van der Waals surface area contributed by atoms with Gasteiger partial charge in [-0.05, 0) is 54.6 Å². The van der Waals surface area contributed by atoms with Crippen LogP contribution in [-0.2, 0) is 14.1 Å². The third kappa shape index (κ3) is 3.20. The van der Waals surface area contributed by atoms with Gasteiger partial charge in [0, 0.05) is 36.3 Å². The van der Waals surface area contributed by atoms with Gasteiger partial charge in [0.15, 0.2) is 0 Å². The van der Waals surface area contributed by atoms with Gasteiger partial charge in [0.05, 0.1) is 10.9 Å². The normalized spacial score (nSPS) is 11.2. The van der Waals surface area contributed by atoms with E-state index in [-0.39, 0.29) is 5.91 Å². The van der Waals surface area contributed by atoms with Crippen LogP contribution in [-0.4, -0.2) is 15.0 Å². The first-order chi connectivity index (χ1) is 15.4. The summed E-state index contributed by atoms with van der Waals surface area (Å²) >= 11 is 0. The number of hydrogen-bond acceptors (Lipinski definition) is 4. The van der Waals surface area contributed by atoms with Gasteiger partial charge in [0.1, 0.15) is 11.3 Å². The van der Waals surface area contributed by atoms with E-state index in [0.29, 0.717) is 22.2 Å². The van der Waals surface area contributed by atoms with Crippen LogP contribution in [0.25, 0.3) is 33.2 Å². The molecule has 0 saturated heterocycles. The first kappa shape index (κ1) is 19.6. The predicted octanol–water partition coefficient (Wildman–Crippen LogP) is 3.90. The highest BCUT2D eigenvalue weighted by Gasteiger charge is 2.13. The summed E-state index contributed by atoms with van der Waals surface area (Å²) in [4.78, 5) is 37.3. The Bertz CT molecular complexity index is 1590. The van der Waals surface area contributed by atoms with Gasteiger partial charge in [0.2, 0.25) is 0 Å². The van der Waals surface area contributed by atoms with E-state index in [2.05, 4.69) is 5.32 Å². The number of fused-ring (bicyclic) bond motifs is 2. The molecule has 1 amide bonds. The van der Waals surface area contributed by atoms with Gasteiger partial charge in [-0.25, -0.2) is 4.79 Å². The van der Waals surface area contributed by atoms with Crippen molar-refractivity contribution >= 4 is 33.5 Å². The van der Waals surface area contributed by atoms with Crippen molar-refractivity contribution < 1.29 is 9.21 Å². The van der Waals surface area contributed by atoms with Crippen molar-refractivity contribution in [3.63, 3.8) is 0 Å². The highest BCUT2D eigenvalue weighted by molar-refractivity contribution is 6.06. The van der Waals surface area contributed by atoms with Crippen LogP contribution < -0.4 is 16.6 Å². The van der Waals surface area contributed by atoms with Gasteiger partial charge >= 0.3 is 5.69 Å². The number of furan rings is 1. The maximum Gasteiger partial charge on any atom is 0.330 e. The zero-order valence-corrected chi connectivity index (χ0v) is 17.5. The molecule has 32 heavy (non-hydrogen) atoms. The molecule has 2 heterocycles. The Morgan fingerprint density at radius 2 is 1.62 bits per heavy atom. The van der Waals surface area contributed by atoms with E-state index in [1.54, 1.807) is 31.3 Å². The second-order valence-corrected chi connectivity index (χ2v) is 7.62. The van der Waals surface area contributed by atoms with Gasteiger partial charge < -0.3 is 9.73 Å². The summed E-state index contributed by atoms with van der Waals surface area (Å²) in [6.07, 6.45) is 0. The molecule has 0 aliphatic carbocycles. The molecule has 0 aliphatic rings. The molecule has 0 saturated carbocycles. The Labute approximate surface area is 182 Å². The minimum Gasteiger partial charge on any atom is -0.456 e. The fraction of sp³-hybridized carbons (Fsp3) is 0.0800. The molecule has 5 rings (SSSR count). The predicted molar refractivity (Wildman–Crippen MR) is 124 cm³/mol. The first-order valence-electron chi connectivity index (χ1n) is 10.0. The number of anilines is 1. The largest absolute Gasteiger partial charge is 0.456 e. The highest BCUT2D eigenvalue weighted by atomic mass is 16.3. The zero-order valence-electron chi connectivity index (χ0n) is 17.5. The molecule has 7 nitrogen and oxygen atoms in total. The number of amides is 1. The summed E-state index contributed by atoms with van der Waals surface area (Å²) in [5.41, 5.74) is 2.29. The number of aromatic nitrogens is 2. The van der Waals surface area contributed by atoms with Crippen LogP contribution >= 0.6 is 0 Å². The molecule has 2 aromatic heterocycles. The Balaban J connectivity index is 1.42. The van der Waals surface area contributed by atoms with Crippen molar-refractivity contribution in [2.75, 3.05) is 5.32 Å². The molecule has 5 aromatic rings. The van der Waals surface area contributed by atoms with E-state index in [9.17, 15) is 14.4 Å². The molecule has 0 fully saturated rings. The van der Waals surface area contributed by atoms with Gasteiger partial charge in [-0.1, -0.05) is 18.2 Å². The molecule has 0 atom stereocenters. The second kappa shape index (κ2) is 7.39. The van der Waals surface area contributed by atoms with Gasteiger partial charge in [-0.2, -0.15) is 0 Å². The third-order valence-corrected chi connectivity index (χ3v) is 5.58. The Morgan fingerprint density at radius 1 is 0.875 bits per heavy atom. The van der Waals surface area contributed by atoms with Crippen LogP contribution in [0.5, 0.6) is 0 Å². The average Bonchev–Trinajstić information content (AvgIpc) is 3.26. The van der Waals surface area contributed by atoms with Crippen LogP contribution in [0.2, 0.25) is 0 Å². The topological polar surface area (TPSA) is 86.2 Å². The zero-order chi connectivity index (χ0) is 22.4.